The van der Waals surface area contributed by atoms with Crippen LogP contribution in [0.5, 0.6) is 0 Å². The summed E-state index contributed by atoms with van der Waals surface area (Å²) in [5.74, 6) is 1.00. The van der Waals surface area contributed by atoms with Gasteiger partial charge in [-0.1, -0.05) is 19.3 Å². The molecule has 2 heterocycles. The molecule has 0 bridgehead atoms. The number of nitrogens with zero attached hydrogens (tertiary/aromatic N) is 3. The van der Waals surface area contributed by atoms with Crippen LogP contribution in [0.1, 0.15) is 62.5 Å². The normalized spacial score (nSPS) is 24.7. The lowest BCUT2D eigenvalue weighted by molar-refractivity contribution is 0.369. The first-order chi connectivity index (χ1) is 10.5. The van der Waals surface area contributed by atoms with Crippen molar-refractivity contribution in [3.8, 4) is 0 Å². The van der Waals surface area contributed by atoms with Gasteiger partial charge >= 0.3 is 0 Å². The first-order valence-corrected chi connectivity index (χ1v) is 9.60. The predicted octanol–water partition coefficient (Wildman–Crippen LogP) is 2.17. The second-order valence-electron chi connectivity index (χ2n) is 6.34. The van der Waals surface area contributed by atoms with Gasteiger partial charge in [-0.15, -0.1) is 0 Å². The summed E-state index contributed by atoms with van der Waals surface area (Å²) in [5.41, 5.74) is 6.54. The van der Waals surface area contributed by atoms with Crippen LogP contribution in [-0.2, 0) is 10.0 Å². The van der Waals surface area contributed by atoms with Crippen LogP contribution in [0.3, 0.4) is 0 Å². The van der Waals surface area contributed by atoms with Gasteiger partial charge in [0.15, 0.2) is 0 Å². The van der Waals surface area contributed by atoms with E-state index in [2.05, 4.69) is 9.97 Å². The minimum absolute atomic E-state index is 0.184. The summed E-state index contributed by atoms with van der Waals surface area (Å²) in [6.45, 7) is 2.38. The van der Waals surface area contributed by atoms with E-state index in [0.717, 1.165) is 50.6 Å². The van der Waals surface area contributed by atoms with Crippen molar-refractivity contribution < 1.29 is 8.42 Å². The van der Waals surface area contributed by atoms with Gasteiger partial charge in [-0.2, -0.15) is 4.31 Å². The Bertz CT molecular complexity index is 621. The minimum atomic E-state index is -3.25. The van der Waals surface area contributed by atoms with Crippen LogP contribution < -0.4 is 5.73 Å². The van der Waals surface area contributed by atoms with Crippen LogP contribution in [0.15, 0.2) is 6.07 Å². The van der Waals surface area contributed by atoms with Gasteiger partial charge in [-0.25, -0.2) is 18.4 Å². The lowest BCUT2D eigenvalue weighted by Gasteiger charge is -2.30. The third kappa shape index (κ3) is 2.96. The van der Waals surface area contributed by atoms with Crippen molar-refractivity contribution in [2.75, 3.05) is 12.3 Å². The van der Waals surface area contributed by atoms with E-state index in [1.807, 2.05) is 0 Å². The molecule has 1 aliphatic carbocycles. The summed E-state index contributed by atoms with van der Waals surface area (Å²) in [6, 6.07) is 1.53. The molecule has 1 atom stereocenters. The molecule has 3 rings (SSSR count). The summed E-state index contributed by atoms with van der Waals surface area (Å²) in [6.07, 6.45) is 6.44. The molecule has 1 aromatic heterocycles. The van der Waals surface area contributed by atoms with Gasteiger partial charge < -0.3 is 5.73 Å². The molecule has 0 radical (unpaired) electrons. The van der Waals surface area contributed by atoms with E-state index in [4.69, 9.17) is 5.73 Å². The highest BCUT2D eigenvalue weighted by atomic mass is 32.2. The van der Waals surface area contributed by atoms with Crippen molar-refractivity contribution in [3.63, 3.8) is 0 Å². The lowest BCUT2D eigenvalue weighted by Crippen LogP contribution is -2.39. The van der Waals surface area contributed by atoms with Gasteiger partial charge in [0.25, 0.3) is 0 Å². The number of hydrogen-bond acceptors (Lipinski definition) is 5. The molecule has 6 nitrogen and oxygen atoms in total. The first-order valence-electron chi connectivity index (χ1n) is 8.10. The topological polar surface area (TPSA) is 89.2 Å². The van der Waals surface area contributed by atoms with Crippen molar-refractivity contribution in [2.24, 2.45) is 0 Å². The molecule has 2 fully saturated rings. The van der Waals surface area contributed by atoms with Gasteiger partial charge in [-0.3, -0.25) is 0 Å². The average Bonchev–Trinajstić information content (AvgIpc) is 2.97. The van der Waals surface area contributed by atoms with Crippen molar-refractivity contribution in [3.05, 3.63) is 17.6 Å². The number of rotatable bonds is 3. The molecule has 0 aromatic carbocycles. The minimum Gasteiger partial charge on any atom is -0.384 e. The van der Waals surface area contributed by atoms with E-state index in [9.17, 15) is 8.42 Å². The fourth-order valence-electron chi connectivity index (χ4n) is 3.68. The van der Waals surface area contributed by atoms with Gasteiger partial charge in [0.2, 0.25) is 10.0 Å². The SMILES string of the molecule is Cc1nc(N)cc([C@H]2CCCN2S(=O)(=O)C2CCCCC2)n1. The molecular weight excluding hydrogens is 300 g/mol. The van der Waals surface area contributed by atoms with Crippen LogP contribution >= 0.6 is 0 Å². The lowest BCUT2D eigenvalue weighted by atomic mass is 10.0. The number of sulfonamides is 1. The van der Waals surface area contributed by atoms with Crippen LogP contribution in [0.25, 0.3) is 0 Å². The number of hydrogen-bond donors (Lipinski definition) is 1. The molecule has 0 spiro atoms. The summed E-state index contributed by atoms with van der Waals surface area (Å²) in [5, 5.41) is -0.220. The highest BCUT2D eigenvalue weighted by Gasteiger charge is 2.40. The van der Waals surface area contributed by atoms with E-state index in [0.29, 0.717) is 18.2 Å². The maximum atomic E-state index is 13.0. The Kier molecular flexibility index (Phi) is 4.36. The van der Waals surface area contributed by atoms with Crippen LogP contribution in [0.2, 0.25) is 0 Å². The van der Waals surface area contributed by atoms with E-state index in [1.165, 1.54) is 0 Å². The van der Waals surface area contributed by atoms with Crippen LogP contribution in [-0.4, -0.2) is 34.5 Å². The molecule has 1 saturated carbocycles. The summed E-state index contributed by atoms with van der Waals surface area (Å²) >= 11 is 0. The molecule has 7 heteroatoms. The second kappa shape index (κ2) is 6.12. The Hall–Kier alpha value is -1.21. The Morgan fingerprint density at radius 1 is 1.14 bits per heavy atom. The zero-order valence-electron chi connectivity index (χ0n) is 13.0. The molecule has 1 saturated heterocycles. The fourth-order valence-corrected chi connectivity index (χ4v) is 5.94. The predicted molar refractivity (Wildman–Crippen MR) is 85.7 cm³/mol. The molecular formula is C15H24N4O2S. The molecule has 1 aromatic rings. The smallest absolute Gasteiger partial charge is 0.217 e. The van der Waals surface area contributed by atoms with Crippen LogP contribution in [0, 0.1) is 6.92 Å². The zero-order chi connectivity index (χ0) is 15.7. The van der Waals surface area contributed by atoms with Gasteiger partial charge in [-0.05, 0) is 32.6 Å². The van der Waals surface area contributed by atoms with E-state index < -0.39 is 10.0 Å². The van der Waals surface area contributed by atoms with Gasteiger partial charge in [0.1, 0.15) is 11.6 Å². The van der Waals surface area contributed by atoms with Crippen molar-refractivity contribution in [1.82, 2.24) is 14.3 Å². The van der Waals surface area contributed by atoms with E-state index in [-0.39, 0.29) is 11.3 Å². The second-order valence-corrected chi connectivity index (χ2v) is 8.50. The largest absolute Gasteiger partial charge is 0.384 e. The quantitative estimate of drug-likeness (QED) is 0.920. The standard InChI is InChI=1S/C15H24N4O2S/c1-11-17-13(10-15(16)18-11)14-8-5-9-19(14)22(20,21)12-6-3-2-4-7-12/h10,12,14H,2-9H2,1H3,(H2,16,17,18)/t14-/m1/s1. The molecule has 2 N–H and O–H groups in total. The average molecular weight is 324 g/mol. The third-order valence-corrected chi connectivity index (χ3v) is 7.13. The van der Waals surface area contributed by atoms with Crippen molar-refractivity contribution in [1.29, 1.82) is 0 Å². The summed E-state index contributed by atoms with van der Waals surface area (Å²) in [7, 11) is -3.25. The highest BCUT2D eigenvalue weighted by Crippen LogP contribution is 2.37. The number of aromatic nitrogens is 2. The zero-order valence-corrected chi connectivity index (χ0v) is 13.8. The third-order valence-electron chi connectivity index (χ3n) is 4.72. The Morgan fingerprint density at radius 2 is 1.86 bits per heavy atom. The number of anilines is 1. The fraction of sp³-hybridized carbons (Fsp3) is 0.733. The molecule has 2 aliphatic rings. The Balaban J connectivity index is 1.89. The van der Waals surface area contributed by atoms with Gasteiger partial charge in [0, 0.05) is 12.6 Å². The maximum Gasteiger partial charge on any atom is 0.217 e. The molecule has 1 aliphatic heterocycles. The number of nitrogen functional groups attached to an aromatic ring is 1. The van der Waals surface area contributed by atoms with Gasteiger partial charge in [0.05, 0.1) is 17.0 Å². The maximum absolute atomic E-state index is 13.0. The van der Waals surface area contributed by atoms with Crippen LogP contribution in [0.4, 0.5) is 5.82 Å². The molecule has 0 unspecified atom stereocenters. The monoisotopic (exact) mass is 324 g/mol. The van der Waals surface area contributed by atoms with E-state index >= 15 is 0 Å². The first kappa shape index (κ1) is 15.7. The molecule has 122 valence electrons. The Labute approximate surface area is 132 Å². The molecule has 22 heavy (non-hydrogen) atoms. The highest BCUT2D eigenvalue weighted by molar-refractivity contribution is 7.89. The summed E-state index contributed by atoms with van der Waals surface area (Å²) in [4.78, 5) is 8.51. The molecule has 0 amide bonds. The van der Waals surface area contributed by atoms with Crippen molar-refractivity contribution in [2.45, 2.75) is 63.2 Å². The number of nitrogens with two attached hydrogens (primary N) is 1. The van der Waals surface area contributed by atoms with Crippen molar-refractivity contribution >= 4 is 15.8 Å². The summed E-state index contributed by atoms with van der Waals surface area (Å²) < 4.78 is 27.7. The number of aryl methyl sites for hydroxylation is 1. The Morgan fingerprint density at radius 3 is 2.55 bits per heavy atom. The van der Waals surface area contributed by atoms with E-state index in [1.54, 1.807) is 17.3 Å².